The van der Waals surface area contributed by atoms with E-state index in [0.717, 1.165) is 4.47 Å². The van der Waals surface area contributed by atoms with Crippen molar-refractivity contribution in [3.05, 3.63) is 22.7 Å². The van der Waals surface area contributed by atoms with Gasteiger partial charge in [-0.05, 0) is 24.6 Å². The van der Waals surface area contributed by atoms with Gasteiger partial charge in [0.15, 0.2) is 0 Å². The monoisotopic (exact) mass is 366 g/mol. The first-order valence-corrected chi connectivity index (χ1v) is 8.36. The largest absolute Gasteiger partial charge is 0.398 e. The van der Waals surface area contributed by atoms with Gasteiger partial charge >= 0.3 is 0 Å². The number of hydrogen-bond acceptors (Lipinski definition) is 5. The summed E-state index contributed by atoms with van der Waals surface area (Å²) in [5.41, 5.74) is 5.92. The molecule has 0 aliphatic heterocycles. The van der Waals surface area contributed by atoms with Gasteiger partial charge in [-0.25, -0.2) is 13.1 Å². The molecule has 0 bridgehead atoms. The van der Waals surface area contributed by atoms with Crippen LogP contribution in [0.5, 0.6) is 0 Å². The molecule has 6 nitrogen and oxygen atoms in total. The molecule has 0 aliphatic carbocycles. The van der Waals surface area contributed by atoms with E-state index in [4.69, 9.17) is 15.2 Å². The molecule has 0 spiro atoms. The maximum atomic E-state index is 12.0. The first kappa shape index (κ1) is 17.4. The van der Waals surface area contributed by atoms with Gasteiger partial charge in [-0.2, -0.15) is 0 Å². The second kappa shape index (κ2) is 8.58. The number of ether oxygens (including phenoxy) is 2. The van der Waals surface area contributed by atoms with Crippen molar-refractivity contribution < 1.29 is 17.9 Å². The van der Waals surface area contributed by atoms with E-state index in [1.165, 1.54) is 6.07 Å². The fraction of sp³-hybridized carbons (Fsp3) is 0.500. The Balaban J connectivity index is 2.42. The number of methoxy groups -OCH3 is 1. The van der Waals surface area contributed by atoms with E-state index in [1.807, 2.05) is 0 Å². The van der Waals surface area contributed by atoms with E-state index in [0.29, 0.717) is 32.8 Å². The third-order valence-corrected chi connectivity index (χ3v) is 4.48. The number of nitrogens with one attached hydrogen (secondary N) is 1. The molecule has 0 aromatic heterocycles. The zero-order valence-electron chi connectivity index (χ0n) is 11.3. The topological polar surface area (TPSA) is 90.6 Å². The van der Waals surface area contributed by atoms with Crippen molar-refractivity contribution in [1.29, 1.82) is 0 Å². The minimum Gasteiger partial charge on any atom is -0.398 e. The number of rotatable bonds is 9. The molecule has 20 heavy (non-hydrogen) atoms. The van der Waals surface area contributed by atoms with Gasteiger partial charge in [0.25, 0.3) is 0 Å². The molecule has 1 aromatic carbocycles. The molecule has 0 fully saturated rings. The van der Waals surface area contributed by atoms with E-state index < -0.39 is 10.0 Å². The maximum absolute atomic E-state index is 12.0. The van der Waals surface area contributed by atoms with E-state index in [1.54, 1.807) is 19.2 Å². The van der Waals surface area contributed by atoms with Gasteiger partial charge in [0.1, 0.15) is 4.90 Å². The van der Waals surface area contributed by atoms with E-state index in [9.17, 15) is 8.42 Å². The van der Waals surface area contributed by atoms with Crippen LogP contribution in [0.3, 0.4) is 0 Å². The lowest BCUT2D eigenvalue weighted by atomic mass is 10.3. The number of benzene rings is 1. The van der Waals surface area contributed by atoms with Gasteiger partial charge in [-0.3, -0.25) is 0 Å². The van der Waals surface area contributed by atoms with Crippen LogP contribution in [-0.4, -0.2) is 41.9 Å². The minimum atomic E-state index is -3.58. The average Bonchev–Trinajstić information content (AvgIpc) is 2.37. The average molecular weight is 367 g/mol. The van der Waals surface area contributed by atoms with Gasteiger partial charge in [-0.15, -0.1) is 0 Å². The summed E-state index contributed by atoms with van der Waals surface area (Å²) in [6.45, 7) is 1.80. The molecule has 1 aromatic rings. The van der Waals surface area contributed by atoms with Crippen molar-refractivity contribution in [3.8, 4) is 0 Å². The van der Waals surface area contributed by atoms with Gasteiger partial charge < -0.3 is 15.2 Å². The number of nitrogen functional groups attached to an aromatic ring is 1. The molecule has 0 amide bonds. The first-order valence-electron chi connectivity index (χ1n) is 6.09. The standard InChI is InChI=1S/C12H19BrN2O4S/c1-18-7-8-19-6-2-5-15-20(16,17)12-4-3-10(13)9-11(12)14/h3-4,9,15H,2,5-8,14H2,1H3. The molecular weight excluding hydrogens is 348 g/mol. The summed E-state index contributed by atoms with van der Waals surface area (Å²) in [5.74, 6) is 0. The van der Waals surface area contributed by atoms with Crippen LogP contribution < -0.4 is 10.5 Å². The van der Waals surface area contributed by atoms with Gasteiger partial charge in [0.05, 0.1) is 18.9 Å². The maximum Gasteiger partial charge on any atom is 0.242 e. The molecule has 1 rings (SSSR count). The Hall–Kier alpha value is -0.670. The third-order valence-electron chi connectivity index (χ3n) is 2.45. The number of hydrogen-bond donors (Lipinski definition) is 2. The van der Waals surface area contributed by atoms with E-state index in [-0.39, 0.29) is 10.6 Å². The van der Waals surface area contributed by atoms with Crippen molar-refractivity contribution in [1.82, 2.24) is 4.72 Å². The highest BCUT2D eigenvalue weighted by Crippen LogP contribution is 2.22. The summed E-state index contributed by atoms with van der Waals surface area (Å²) >= 11 is 3.23. The van der Waals surface area contributed by atoms with Crippen molar-refractivity contribution in [3.63, 3.8) is 0 Å². The highest BCUT2D eigenvalue weighted by Gasteiger charge is 2.16. The van der Waals surface area contributed by atoms with Gasteiger partial charge in [0, 0.05) is 24.7 Å². The number of halogens is 1. The number of anilines is 1. The molecule has 114 valence electrons. The highest BCUT2D eigenvalue weighted by atomic mass is 79.9. The molecule has 0 aliphatic rings. The van der Waals surface area contributed by atoms with E-state index >= 15 is 0 Å². The van der Waals surface area contributed by atoms with Crippen molar-refractivity contribution in [2.75, 3.05) is 39.2 Å². The fourth-order valence-electron chi connectivity index (χ4n) is 1.47. The first-order chi connectivity index (χ1) is 9.47. The predicted octanol–water partition coefficient (Wildman–Crippen LogP) is 1.36. The molecule has 0 radical (unpaired) electrons. The Labute approximate surface area is 127 Å². The molecule has 3 N–H and O–H groups in total. The molecule has 0 atom stereocenters. The van der Waals surface area contributed by atoms with Crippen LogP contribution in [0, 0.1) is 0 Å². The Morgan fingerprint density at radius 3 is 2.70 bits per heavy atom. The molecule has 0 saturated carbocycles. The summed E-state index contributed by atoms with van der Waals surface area (Å²) in [6, 6.07) is 4.66. The second-order valence-corrected chi connectivity index (χ2v) is 6.69. The molecule has 8 heteroatoms. The number of sulfonamides is 1. The van der Waals surface area contributed by atoms with Crippen LogP contribution in [0.25, 0.3) is 0 Å². The quantitative estimate of drug-likeness (QED) is 0.508. The Morgan fingerprint density at radius 2 is 2.05 bits per heavy atom. The van der Waals surface area contributed by atoms with Crippen LogP contribution in [0.2, 0.25) is 0 Å². The third kappa shape index (κ3) is 5.76. The van der Waals surface area contributed by atoms with Crippen molar-refractivity contribution in [2.24, 2.45) is 0 Å². The van der Waals surface area contributed by atoms with Crippen LogP contribution >= 0.6 is 15.9 Å². The zero-order valence-corrected chi connectivity index (χ0v) is 13.7. The van der Waals surface area contributed by atoms with Crippen molar-refractivity contribution >= 4 is 31.6 Å². The second-order valence-electron chi connectivity index (χ2n) is 4.04. The Kier molecular flexibility index (Phi) is 7.46. The van der Waals surface area contributed by atoms with Crippen LogP contribution in [0.15, 0.2) is 27.6 Å². The lowest BCUT2D eigenvalue weighted by molar-refractivity contribution is 0.0699. The predicted molar refractivity (Wildman–Crippen MR) is 81.1 cm³/mol. The molecule has 0 saturated heterocycles. The fourth-order valence-corrected chi connectivity index (χ4v) is 3.03. The van der Waals surface area contributed by atoms with Crippen LogP contribution in [0.4, 0.5) is 5.69 Å². The Morgan fingerprint density at radius 1 is 1.30 bits per heavy atom. The summed E-state index contributed by atoms with van der Waals surface area (Å²) < 4.78 is 37.4. The number of nitrogens with two attached hydrogens (primary N) is 1. The summed E-state index contributed by atoms with van der Waals surface area (Å²) in [7, 11) is -1.98. The van der Waals surface area contributed by atoms with Crippen LogP contribution in [0.1, 0.15) is 6.42 Å². The summed E-state index contributed by atoms with van der Waals surface area (Å²) in [6.07, 6.45) is 0.583. The lowest BCUT2D eigenvalue weighted by Gasteiger charge is -2.09. The highest BCUT2D eigenvalue weighted by molar-refractivity contribution is 9.10. The van der Waals surface area contributed by atoms with Crippen LogP contribution in [-0.2, 0) is 19.5 Å². The SMILES string of the molecule is COCCOCCCNS(=O)(=O)c1ccc(Br)cc1N. The van der Waals surface area contributed by atoms with E-state index in [2.05, 4.69) is 20.7 Å². The molecule has 0 unspecified atom stereocenters. The minimum absolute atomic E-state index is 0.0843. The smallest absolute Gasteiger partial charge is 0.242 e. The normalized spacial score (nSPS) is 11.7. The van der Waals surface area contributed by atoms with Crippen molar-refractivity contribution in [2.45, 2.75) is 11.3 Å². The summed E-state index contributed by atoms with van der Waals surface area (Å²) in [4.78, 5) is 0.0843. The Bertz CT molecular complexity index is 522. The lowest BCUT2D eigenvalue weighted by Crippen LogP contribution is -2.26. The summed E-state index contributed by atoms with van der Waals surface area (Å²) in [5, 5.41) is 0. The molecular formula is C12H19BrN2O4S. The molecule has 0 heterocycles. The van der Waals surface area contributed by atoms with Gasteiger partial charge in [0.2, 0.25) is 10.0 Å². The zero-order chi connectivity index (χ0) is 15.0. The van der Waals surface area contributed by atoms with Gasteiger partial charge in [-0.1, -0.05) is 15.9 Å².